The van der Waals surface area contributed by atoms with E-state index in [1.807, 2.05) is 13.8 Å². The number of amides is 5. The molecule has 18 N–H and O–H groups in total. The quantitative estimate of drug-likeness (QED) is 0.0487. The fourth-order valence-electron chi connectivity index (χ4n) is 14.7. The number of Topliss-reactive ketones (excluding diaryl/α,β-unsaturated/α-hetero) is 2. The molecule has 0 aromatic heterocycles. The zero-order valence-electron chi connectivity index (χ0n) is 62.0. The summed E-state index contributed by atoms with van der Waals surface area (Å²) in [6.07, 6.45) is -22.5. The molecule has 13 rings (SSSR count). The first kappa shape index (κ1) is 84.8. The molecule has 7 heterocycles. The Labute approximate surface area is 661 Å². The molecular formula is C79H88Cl2N6O27. The number of benzene rings is 6. The smallest absolute Gasteiger partial charge is 0.334 e. The minimum Gasteiger partial charge on any atom is -0.508 e. The molecule has 6 aromatic rings. The van der Waals surface area contributed by atoms with Crippen LogP contribution in [-0.2, 0) is 68.7 Å². The number of carboxylic acid groups (broad SMARTS) is 2. The molecular weight excluding hydrogens is 1540 g/mol. The minimum absolute atomic E-state index is 0.0355. The second-order valence-electron chi connectivity index (χ2n) is 29.5. The van der Waals surface area contributed by atoms with Crippen molar-refractivity contribution < 1.29 is 132 Å². The second-order valence-corrected chi connectivity index (χ2v) is 30.3. The van der Waals surface area contributed by atoms with Crippen LogP contribution in [0.5, 0.6) is 46.0 Å². The molecule has 2 saturated heterocycles. The van der Waals surface area contributed by atoms with E-state index in [0.29, 0.717) is 12.0 Å². The van der Waals surface area contributed by atoms with Crippen LogP contribution < -0.4 is 46.5 Å². The van der Waals surface area contributed by atoms with Crippen molar-refractivity contribution in [2.75, 3.05) is 13.2 Å². The highest BCUT2D eigenvalue weighted by Crippen LogP contribution is 2.51. The van der Waals surface area contributed by atoms with Gasteiger partial charge in [0.15, 0.2) is 47.6 Å². The monoisotopic (exact) mass is 1620 g/mol. The first-order valence-corrected chi connectivity index (χ1v) is 37.4. The van der Waals surface area contributed by atoms with Crippen molar-refractivity contribution >= 4 is 76.2 Å². The maximum Gasteiger partial charge on any atom is 0.334 e. The predicted octanol–water partition coefficient (Wildman–Crippen LogP) is 4.82. The number of carbonyl (C=O) groups excluding carboxylic acids is 7. The number of hydrogen-bond acceptors (Lipinski definition) is 26. The molecule has 12 unspecified atom stereocenters. The number of carboxylic acids is 2. The summed E-state index contributed by atoms with van der Waals surface area (Å²) in [5, 5.41) is 139. The number of aliphatic hydroxyl groups is 6. The third-order valence-electron chi connectivity index (χ3n) is 20.8. The Morgan fingerprint density at radius 1 is 0.719 bits per heavy atom. The second kappa shape index (κ2) is 35.7. The van der Waals surface area contributed by atoms with Gasteiger partial charge in [0.2, 0.25) is 41.6 Å². The lowest BCUT2D eigenvalue weighted by molar-refractivity contribution is -0.334. The number of nitrogens with one attached hydrogen (secondary N) is 5. The van der Waals surface area contributed by atoms with Gasteiger partial charge in [-0.15, -0.1) is 0 Å². The average molecular weight is 1620 g/mol. The summed E-state index contributed by atoms with van der Waals surface area (Å²) in [6, 6.07) is 14.1. The number of ketones is 2. The van der Waals surface area contributed by atoms with Crippen molar-refractivity contribution in [1.82, 2.24) is 26.6 Å². The van der Waals surface area contributed by atoms with Crippen LogP contribution in [0.2, 0.25) is 10.0 Å². The van der Waals surface area contributed by atoms with Crippen LogP contribution in [0, 0.1) is 17.8 Å². The van der Waals surface area contributed by atoms with Gasteiger partial charge in [0.1, 0.15) is 77.4 Å². The van der Waals surface area contributed by atoms with E-state index in [4.69, 9.17) is 62.1 Å². The number of hydrogen-bond donors (Lipinski definition) is 17. The van der Waals surface area contributed by atoms with E-state index in [0.717, 1.165) is 60.7 Å². The van der Waals surface area contributed by atoms with Crippen molar-refractivity contribution in [1.29, 1.82) is 0 Å². The molecule has 0 aliphatic carbocycles. The van der Waals surface area contributed by atoms with E-state index in [2.05, 4.69) is 26.6 Å². The fourth-order valence-corrected chi connectivity index (χ4v) is 15.1. The molecule has 5 amide bonds. The normalized spacial score (nSPS) is 27.8. The average Bonchev–Trinajstić information content (AvgIpc) is 0.762. The number of phenolic OH excluding ortho intramolecular Hbond substituents is 3. The highest BCUT2D eigenvalue weighted by Gasteiger charge is 2.53. The first-order valence-electron chi connectivity index (χ1n) is 36.6. The lowest BCUT2D eigenvalue weighted by Gasteiger charge is -2.48. The number of halogens is 2. The summed E-state index contributed by atoms with van der Waals surface area (Å²) in [5.41, 5.74) is 2.43. The molecule has 610 valence electrons. The molecule has 11 bridgehead atoms. The van der Waals surface area contributed by atoms with E-state index in [-0.39, 0.29) is 59.4 Å². The topological polar surface area (TPSA) is 527 Å². The lowest BCUT2D eigenvalue weighted by atomic mass is 9.84. The molecule has 0 saturated carbocycles. The van der Waals surface area contributed by atoms with Crippen LogP contribution in [0.1, 0.15) is 137 Å². The number of aromatic hydroxyl groups is 3. The summed E-state index contributed by atoms with van der Waals surface area (Å²) in [5.74, 6) is -20.8. The standard InChI is InChI=1S/C79H88Cl2N6O27/c1-6-36(18-33(2)3)72(100)86-63-50(92)22-41(25-58(82)94)73(101)84-61-40-23-54(110-52-16-13-38(65(63)95)20-46(52)80)69(114-78-70(68(98)67(97)57(31-88)112-78)113-59-29-79(5,71(99)34(4)109-59)83-30-56(76(104)105)108-32-35-10-8-7-9-11-35)55(24-40)111-53-17-14-39(21-47(53)81)66(96)64-75(103)85-62(77(106)107)45-26-42(89)27-49(91)60(45)44-19-37(12-15-48(44)90)43(28-51(61)93)74(102)87-64/h7-17,19-21,23-24,26-27,33-34,36,41,43,56-57,59,61-68,70-71,78,83,88-91,95-99H,6,18,22,25,28-32H2,1-5H3,(H2,82,94)(H,84,101)(H,85,103)(H,86,100)(H,87,102)(H,104,105)(H,106,107)/t34?,36-,41+,43?,56?,57?,59?,61-,62-,63?,64+,65-,66-,67?,68?,70?,71?,78?,79?/m1/s1. The van der Waals surface area contributed by atoms with Gasteiger partial charge >= 0.3 is 11.9 Å². The van der Waals surface area contributed by atoms with E-state index in [9.17, 15) is 80.1 Å². The van der Waals surface area contributed by atoms with E-state index >= 15 is 19.2 Å². The molecule has 19 atom stereocenters. The molecule has 2 fully saturated rings. The third-order valence-corrected chi connectivity index (χ3v) is 21.4. The van der Waals surface area contributed by atoms with Gasteiger partial charge in [-0.25, -0.2) is 9.59 Å². The Kier molecular flexibility index (Phi) is 26.6. The van der Waals surface area contributed by atoms with Gasteiger partial charge in [-0.05, 0) is 115 Å². The highest BCUT2D eigenvalue weighted by molar-refractivity contribution is 6.32. The first-order chi connectivity index (χ1) is 54.0. The van der Waals surface area contributed by atoms with Crippen LogP contribution in [0.4, 0.5) is 0 Å². The molecule has 7 aliphatic rings. The fraction of sp³-hybridized carbons (Fsp3) is 0.430. The summed E-state index contributed by atoms with van der Waals surface area (Å²) in [7, 11) is 0. The van der Waals surface area contributed by atoms with Gasteiger partial charge in [-0.2, -0.15) is 0 Å². The molecule has 33 nitrogen and oxygen atoms in total. The number of nitrogens with two attached hydrogens (primary N) is 1. The van der Waals surface area contributed by atoms with Gasteiger partial charge in [0.05, 0.1) is 47.3 Å². The number of rotatable bonds is 20. The van der Waals surface area contributed by atoms with Gasteiger partial charge in [-0.1, -0.05) is 92.5 Å². The number of aliphatic carboxylic acids is 2. The molecule has 114 heavy (non-hydrogen) atoms. The van der Waals surface area contributed by atoms with Crippen LogP contribution in [-0.4, -0.2) is 195 Å². The van der Waals surface area contributed by atoms with E-state index < -0.39 is 261 Å². The van der Waals surface area contributed by atoms with Crippen LogP contribution >= 0.6 is 23.2 Å². The molecule has 6 aromatic carbocycles. The zero-order valence-corrected chi connectivity index (χ0v) is 63.5. The third kappa shape index (κ3) is 18.8. The summed E-state index contributed by atoms with van der Waals surface area (Å²) in [4.78, 5) is 131. The van der Waals surface area contributed by atoms with Crippen molar-refractivity contribution in [3.8, 4) is 57.1 Å². The largest absolute Gasteiger partial charge is 0.508 e. The predicted molar refractivity (Wildman–Crippen MR) is 399 cm³/mol. The maximum atomic E-state index is 16.3. The van der Waals surface area contributed by atoms with Crippen molar-refractivity contribution in [3.63, 3.8) is 0 Å². The Bertz CT molecular complexity index is 4650. The number of fused-ring (bicyclic) bond motifs is 15. The van der Waals surface area contributed by atoms with Crippen LogP contribution in [0.3, 0.4) is 0 Å². The van der Waals surface area contributed by atoms with Crippen LogP contribution in [0.15, 0.2) is 109 Å². The Balaban J connectivity index is 1.11. The Hall–Kier alpha value is -10.1. The molecule has 0 spiro atoms. The number of aliphatic hydroxyl groups excluding tert-OH is 6. The van der Waals surface area contributed by atoms with E-state index in [1.165, 1.54) is 25.1 Å². The summed E-state index contributed by atoms with van der Waals surface area (Å²) < 4.78 is 45.0. The SMILES string of the molecule is CC[C@H](CC(C)C)C(=O)NC1C(=O)C[C@@H](CC(N)=O)C(=O)N[C@H]2C(=O)CC3C(=O)N[C@H](C(=O)N[C@@H](C(=O)O)c4cc(O)cc(O)c4-c4cc3ccc4O)[C@H](O)c3ccc(c(Cl)c3)Oc3cc2cc(c3OC2OC(CO)C(O)C(O)C2OC2CC(C)(NCC(OCc3ccccc3)C(=O)O)C(O)C(C)O2)Oc2ccc(cc2Cl)[C@H]1O. The molecule has 7 aliphatic heterocycles. The highest BCUT2D eigenvalue weighted by atomic mass is 35.5. The van der Waals surface area contributed by atoms with Gasteiger partial charge in [-0.3, -0.25) is 33.6 Å². The van der Waals surface area contributed by atoms with E-state index in [1.54, 1.807) is 44.2 Å². The van der Waals surface area contributed by atoms with Crippen molar-refractivity contribution in [3.05, 3.63) is 153 Å². The maximum absolute atomic E-state index is 16.3. The number of ether oxygens (including phenoxy) is 7. The minimum atomic E-state index is -2.27. The van der Waals surface area contributed by atoms with Crippen molar-refractivity contribution in [2.24, 2.45) is 23.5 Å². The number of primary amides is 1. The molecule has 35 heteroatoms. The number of carbonyl (C=O) groups is 9. The zero-order chi connectivity index (χ0) is 82.6. The lowest BCUT2D eigenvalue weighted by Crippen LogP contribution is -2.66. The number of phenols is 3. The van der Waals surface area contributed by atoms with Gasteiger partial charge < -0.3 is 122 Å². The Morgan fingerprint density at radius 2 is 1.37 bits per heavy atom. The summed E-state index contributed by atoms with van der Waals surface area (Å²) in [6.45, 7) is 6.98. The Morgan fingerprint density at radius 3 is 1.97 bits per heavy atom. The van der Waals surface area contributed by atoms with Crippen LogP contribution in [0.25, 0.3) is 11.1 Å². The van der Waals surface area contributed by atoms with Gasteiger partial charge in [0, 0.05) is 66.4 Å². The summed E-state index contributed by atoms with van der Waals surface area (Å²) >= 11 is 14.3. The van der Waals surface area contributed by atoms with Gasteiger partial charge in [0.25, 0.3) is 0 Å². The molecule has 0 radical (unpaired) electrons. The van der Waals surface area contributed by atoms with Crippen molar-refractivity contribution in [2.45, 2.75) is 183 Å².